The second-order valence-electron chi connectivity index (χ2n) is 6.31. The number of urea groups is 1. The van der Waals surface area contributed by atoms with E-state index in [-0.39, 0.29) is 12.5 Å². The van der Waals surface area contributed by atoms with Crippen molar-refractivity contribution >= 4 is 17.6 Å². The van der Waals surface area contributed by atoms with Crippen LogP contribution in [0.15, 0.2) is 18.2 Å². The molecule has 8 heteroatoms. The maximum Gasteiger partial charge on any atom is 0.325 e. The fraction of sp³-hybridized carbons (Fsp3) is 0.412. The number of hydrogen-bond acceptors (Lipinski definition) is 5. The third-order valence-corrected chi connectivity index (χ3v) is 4.23. The topological polar surface area (TPSA) is 92.2 Å². The van der Waals surface area contributed by atoms with Crippen LogP contribution in [0.4, 0.5) is 10.5 Å². The van der Waals surface area contributed by atoms with E-state index in [1.807, 2.05) is 48.6 Å². The highest BCUT2D eigenvalue weighted by atomic mass is 16.2. The lowest BCUT2D eigenvalue weighted by Crippen LogP contribution is -2.44. The average Bonchev–Trinajstić information content (AvgIpc) is 2.90. The third kappa shape index (κ3) is 4.21. The largest absolute Gasteiger partial charge is 0.325 e. The SMILES string of the molecule is Cc1nc2n(n1)CCN(CC(=O)NC(=O)Nc1ccc(C)c(C)c1)C2. The number of fused-ring (bicyclic) bond motifs is 1. The molecule has 0 radical (unpaired) electrons. The number of carbonyl (C=O) groups is 2. The van der Waals surface area contributed by atoms with Crippen molar-refractivity contribution in [2.75, 3.05) is 18.4 Å². The summed E-state index contributed by atoms with van der Waals surface area (Å²) in [5, 5.41) is 9.33. The van der Waals surface area contributed by atoms with Crippen molar-refractivity contribution in [3.05, 3.63) is 41.0 Å². The molecule has 25 heavy (non-hydrogen) atoms. The molecule has 8 nitrogen and oxygen atoms in total. The van der Waals surface area contributed by atoms with Gasteiger partial charge in [0.2, 0.25) is 5.91 Å². The Labute approximate surface area is 146 Å². The van der Waals surface area contributed by atoms with Crippen LogP contribution < -0.4 is 10.6 Å². The number of aromatic nitrogens is 3. The van der Waals surface area contributed by atoms with Crippen LogP contribution in [0.3, 0.4) is 0 Å². The summed E-state index contributed by atoms with van der Waals surface area (Å²) in [4.78, 5) is 30.4. The monoisotopic (exact) mass is 342 g/mol. The van der Waals surface area contributed by atoms with Crippen molar-refractivity contribution in [1.82, 2.24) is 25.0 Å². The first-order chi connectivity index (χ1) is 11.9. The lowest BCUT2D eigenvalue weighted by atomic mass is 10.1. The molecule has 0 aliphatic carbocycles. The van der Waals surface area contributed by atoms with Crippen molar-refractivity contribution in [1.29, 1.82) is 0 Å². The Balaban J connectivity index is 1.50. The Kier molecular flexibility index (Phi) is 4.80. The van der Waals surface area contributed by atoms with Crippen LogP contribution in [0.2, 0.25) is 0 Å². The van der Waals surface area contributed by atoms with Crippen LogP contribution in [0.5, 0.6) is 0 Å². The smallest absolute Gasteiger partial charge is 0.308 e. The Hall–Kier alpha value is -2.74. The molecule has 1 aliphatic heterocycles. The van der Waals surface area contributed by atoms with E-state index in [0.29, 0.717) is 25.3 Å². The van der Waals surface area contributed by atoms with E-state index in [9.17, 15) is 9.59 Å². The number of anilines is 1. The van der Waals surface area contributed by atoms with Gasteiger partial charge in [-0.25, -0.2) is 14.5 Å². The Morgan fingerprint density at radius 3 is 2.72 bits per heavy atom. The molecule has 2 heterocycles. The van der Waals surface area contributed by atoms with Gasteiger partial charge in [-0.05, 0) is 44.0 Å². The zero-order chi connectivity index (χ0) is 18.0. The summed E-state index contributed by atoms with van der Waals surface area (Å²) < 4.78 is 1.86. The van der Waals surface area contributed by atoms with Gasteiger partial charge in [-0.3, -0.25) is 15.0 Å². The van der Waals surface area contributed by atoms with Crippen molar-refractivity contribution in [3.63, 3.8) is 0 Å². The quantitative estimate of drug-likeness (QED) is 0.879. The van der Waals surface area contributed by atoms with E-state index >= 15 is 0 Å². The first-order valence-corrected chi connectivity index (χ1v) is 8.21. The van der Waals surface area contributed by atoms with Gasteiger partial charge in [-0.1, -0.05) is 6.07 Å². The van der Waals surface area contributed by atoms with Crippen molar-refractivity contribution in [2.45, 2.75) is 33.9 Å². The number of amides is 3. The predicted molar refractivity (Wildman–Crippen MR) is 93.1 cm³/mol. The minimum atomic E-state index is -0.524. The highest BCUT2D eigenvalue weighted by Gasteiger charge is 2.21. The lowest BCUT2D eigenvalue weighted by Gasteiger charge is -2.25. The van der Waals surface area contributed by atoms with Crippen molar-refractivity contribution < 1.29 is 9.59 Å². The standard InChI is InChI=1S/C17H22N6O2/c1-11-4-5-14(8-12(11)2)19-17(25)20-16(24)10-22-6-7-23-15(9-22)18-13(3)21-23/h4-5,8H,6-7,9-10H2,1-3H3,(H2,19,20,24,25). The number of nitrogens with one attached hydrogen (secondary N) is 2. The van der Waals surface area contributed by atoms with E-state index in [2.05, 4.69) is 20.7 Å². The fourth-order valence-corrected chi connectivity index (χ4v) is 2.80. The zero-order valence-electron chi connectivity index (χ0n) is 14.7. The third-order valence-electron chi connectivity index (χ3n) is 4.23. The summed E-state index contributed by atoms with van der Waals surface area (Å²) in [5.41, 5.74) is 2.89. The maximum atomic E-state index is 12.1. The van der Waals surface area contributed by atoms with Gasteiger partial charge in [0.1, 0.15) is 11.6 Å². The molecule has 132 valence electrons. The number of carbonyl (C=O) groups excluding carboxylic acids is 2. The molecule has 0 fully saturated rings. The Morgan fingerprint density at radius 1 is 1.16 bits per heavy atom. The van der Waals surface area contributed by atoms with E-state index in [1.165, 1.54) is 0 Å². The summed E-state index contributed by atoms with van der Waals surface area (Å²) >= 11 is 0. The van der Waals surface area contributed by atoms with Crippen LogP contribution in [-0.4, -0.2) is 44.7 Å². The number of nitrogens with zero attached hydrogens (tertiary/aromatic N) is 4. The highest BCUT2D eigenvalue weighted by molar-refractivity contribution is 6.01. The number of hydrogen-bond donors (Lipinski definition) is 2. The molecule has 2 N–H and O–H groups in total. The summed E-state index contributed by atoms with van der Waals surface area (Å²) in [5.74, 6) is 1.23. The molecule has 2 aromatic rings. The summed E-state index contributed by atoms with van der Waals surface area (Å²) in [6, 6.07) is 5.09. The van der Waals surface area contributed by atoms with E-state index < -0.39 is 6.03 Å². The first kappa shape index (κ1) is 17.1. The van der Waals surface area contributed by atoms with Gasteiger partial charge in [-0.2, -0.15) is 5.10 Å². The van der Waals surface area contributed by atoms with E-state index in [1.54, 1.807) is 0 Å². The highest BCUT2D eigenvalue weighted by Crippen LogP contribution is 2.14. The molecule has 0 spiro atoms. The molecule has 0 atom stereocenters. The van der Waals surface area contributed by atoms with Crippen LogP contribution in [-0.2, 0) is 17.9 Å². The van der Waals surface area contributed by atoms with Gasteiger partial charge in [-0.15, -0.1) is 0 Å². The van der Waals surface area contributed by atoms with E-state index in [4.69, 9.17) is 0 Å². The minimum absolute atomic E-state index is 0.145. The van der Waals surface area contributed by atoms with Gasteiger partial charge < -0.3 is 5.32 Å². The predicted octanol–water partition coefficient (Wildman–Crippen LogP) is 1.37. The van der Waals surface area contributed by atoms with Crippen LogP contribution in [0.25, 0.3) is 0 Å². The molecule has 1 aromatic carbocycles. The Morgan fingerprint density at radius 2 is 1.96 bits per heavy atom. The van der Waals surface area contributed by atoms with Gasteiger partial charge in [0.05, 0.1) is 19.6 Å². The van der Waals surface area contributed by atoms with E-state index in [0.717, 1.165) is 22.8 Å². The molecular weight excluding hydrogens is 320 g/mol. The molecule has 0 saturated carbocycles. The van der Waals surface area contributed by atoms with Crippen molar-refractivity contribution in [3.8, 4) is 0 Å². The van der Waals surface area contributed by atoms with Crippen LogP contribution in [0.1, 0.15) is 22.8 Å². The second kappa shape index (κ2) is 7.02. The van der Waals surface area contributed by atoms with Gasteiger partial charge in [0.25, 0.3) is 0 Å². The summed E-state index contributed by atoms with van der Waals surface area (Å²) in [6.45, 7) is 7.91. The molecule has 0 unspecified atom stereocenters. The average molecular weight is 342 g/mol. The first-order valence-electron chi connectivity index (χ1n) is 8.21. The van der Waals surface area contributed by atoms with Gasteiger partial charge in [0, 0.05) is 12.2 Å². The van der Waals surface area contributed by atoms with Gasteiger partial charge >= 0.3 is 6.03 Å². The second-order valence-corrected chi connectivity index (χ2v) is 6.31. The van der Waals surface area contributed by atoms with Crippen molar-refractivity contribution in [2.24, 2.45) is 0 Å². The minimum Gasteiger partial charge on any atom is -0.308 e. The molecule has 1 aromatic heterocycles. The number of benzene rings is 1. The Bertz CT molecular complexity index is 813. The molecule has 0 saturated heterocycles. The van der Waals surface area contributed by atoms with Crippen LogP contribution in [0, 0.1) is 20.8 Å². The summed E-state index contributed by atoms with van der Waals surface area (Å²) in [6.07, 6.45) is 0. The zero-order valence-corrected chi connectivity index (χ0v) is 14.7. The molecular formula is C17H22N6O2. The number of imide groups is 1. The number of aryl methyl sites for hydroxylation is 3. The molecule has 3 rings (SSSR count). The molecule has 0 bridgehead atoms. The molecule has 3 amide bonds. The van der Waals surface area contributed by atoms with Crippen LogP contribution >= 0.6 is 0 Å². The normalized spacial score (nSPS) is 14.0. The molecule has 1 aliphatic rings. The maximum absolute atomic E-state index is 12.1. The van der Waals surface area contributed by atoms with Gasteiger partial charge in [0.15, 0.2) is 0 Å². The fourth-order valence-electron chi connectivity index (χ4n) is 2.80. The number of rotatable bonds is 3. The lowest BCUT2D eigenvalue weighted by molar-refractivity contribution is -0.121. The summed E-state index contributed by atoms with van der Waals surface area (Å²) in [7, 11) is 0.